The number of carbonyl (C=O) groups excluding carboxylic acids is 1. The van der Waals surface area contributed by atoms with Crippen molar-refractivity contribution in [2.24, 2.45) is 0 Å². The zero-order valence-corrected chi connectivity index (χ0v) is 21.3. The van der Waals surface area contributed by atoms with Crippen LogP contribution in [0.3, 0.4) is 0 Å². The maximum Gasteiger partial charge on any atom is 0.264 e. The molecule has 8 heteroatoms. The van der Waals surface area contributed by atoms with Gasteiger partial charge in [0, 0.05) is 16.3 Å². The smallest absolute Gasteiger partial charge is 0.264 e. The molecule has 0 saturated heterocycles. The van der Waals surface area contributed by atoms with Gasteiger partial charge in [0.15, 0.2) is 17.3 Å². The van der Waals surface area contributed by atoms with Crippen LogP contribution in [0.1, 0.15) is 37.3 Å². The topological polar surface area (TPSA) is 76.4 Å². The summed E-state index contributed by atoms with van der Waals surface area (Å²) in [5, 5.41) is 6.45. The Kier molecular flexibility index (Phi) is 7.68. The van der Waals surface area contributed by atoms with Crippen LogP contribution in [0.2, 0.25) is 5.02 Å². The number of oxazole rings is 1. The van der Waals surface area contributed by atoms with Gasteiger partial charge in [0.25, 0.3) is 5.91 Å². The fourth-order valence-corrected chi connectivity index (χ4v) is 3.87. The van der Waals surface area contributed by atoms with Crippen LogP contribution >= 0.6 is 23.8 Å². The zero-order valence-electron chi connectivity index (χ0n) is 19.7. The van der Waals surface area contributed by atoms with E-state index in [0.717, 1.165) is 28.6 Å². The van der Waals surface area contributed by atoms with Gasteiger partial charge in [-0.3, -0.25) is 10.1 Å². The fraction of sp³-hybridized carbons (Fsp3) is 0.222. The Morgan fingerprint density at radius 1 is 1.17 bits per heavy atom. The average Bonchev–Trinajstić information content (AvgIpc) is 3.28. The molecule has 0 spiro atoms. The van der Waals surface area contributed by atoms with Crippen molar-refractivity contribution in [2.45, 2.75) is 33.1 Å². The first-order valence-electron chi connectivity index (χ1n) is 11.3. The number of aromatic nitrogens is 1. The third kappa shape index (κ3) is 6.18. The molecule has 1 heterocycles. The number of halogens is 1. The van der Waals surface area contributed by atoms with E-state index in [1.807, 2.05) is 37.3 Å². The number of benzene rings is 3. The summed E-state index contributed by atoms with van der Waals surface area (Å²) in [6.07, 6.45) is 1.06. The van der Waals surface area contributed by atoms with Gasteiger partial charge >= 0.3 is 0 Å². The van der Waals surface area contributed by atoms with Gasteiger partial charge in [0.1, 0.15) is 11.3 Å². The molecule has 0 unspecified atom stereocenters. The molecule has 0 aliphatic carbocycles. The molecule has 1 amide bonds. The predicted octanol–water partition coefficient (Wildman–Crippen LogP) is 6.86. The molecule has 35 heavy (non-hydrogen) atoms. The third-order valence-electron chi connectivity index (χ3n) is 5.71. The molecule has 3 aromatic carbocycles. The Morgan fingerprint density at radius 2 is 2.00 bits per heavy atom. The number of anilines is 1. The number of aryl methyl sites for hydroxylation is 1. The van der Waals surface area contributed by atoms with E-state index in [1.165, 1.54) is 5.56 Å². The van der Waals surface area contributed by atoms with Crippen LogP contribution < -0.4 is 15.4 Å². The molecular formula is C27H26ClN3O3S. The van der Waals surface area contributed by atoms with E-state index in [-0.39, 0.29) is 17.6 Å². The van der Waals surface area contributed by atoms with Crippen LogP contribution in [0.25, 0.3) is 22.6 Å². The van der Waals surface area contributed by atoms with Crippen molar-refractivity contribution in [2.75, 3.05) is 11.9 Å². The summed E-state index contributed by atoms with van der Waals surface area (Å²) in [6.45, 7) is 6.06. The highest BCUT2D eigenvalue weighted by atomic mass is 35.5. The highest BCUT2D eigenvalue weighted by Crippen LogP contribution is 2.29. The van der Waals surface area contributed by atoms with Crippen LogP contribution in [-0.4, -0.2) is 22.6 Å². The van der Waals surface area contributed by atoms with Gasteiger partial charge < -0.3 is 14.5 Å². The number of nitrogens with zero attached hydrogens (tertiary/aromatic N) is 1. The van der Waals surface area contributed by atoms with Crippen molar-refractivity contribution in [1.29, 1.82) is 0 Å². The number of hydrogen-bond acceptors (Lipinski definition) is 5. The minimum absolute atomic E-state index is 0.166. The van der Waals surface area contributed by atoms with Gasteiger partial charge in [-0.05, 0) is 91.1 Å². The monoisotopic (exact) mass is 507 g/mol. The molecule has 0 saturated carbocycles. The number of nitrogens with one attached hydrogen (secondary N) is 2. The van der Waals surface area contributed by atoms with E-state index in [1.54, 1.807) is 18.2 Å². The number of rotatable bonds is 7. The number of amides is 1. The first-order valence-corrected chi connectivity index (χ1v) is 12.1. The Hall–Kier alpha value is -3.42. The largest absolute Gasteiger partial charge is 0.484 e. The van der Waals surface area contributed by atoms with Gasteiger partial charge in [0.05, 0.1) is 0 Å². The lowest BCUT2D eigenvalue weighted by Crippen LogP contribution is -2.37. The number of hydrogen-bond donors (Lipinski definition) is 2. The number of carbonyl (C=O) groups is 1. The lowest BCUT2D eigenvalue weighted by atomic mass is 9.98. The van der Waals surface area contributed by atoms with E-state index in [2.05, 4.69) is 41.6 Å². The van der Waals surface area contributed by atoms with Gasteiger partial charge in [-0.2, -0.15) is 0 Å². The fourth-order valence-electron chi connectivity index (χ4n) is 3.52. The molecule has 0 aliphatic heterocycles. The maximum atomic E-state index is 12.2. The van der Waals surface area contributed by atoms with Gasteiger partial charge in [-0.15, -0.1) is 0 Å². The van der Waals surface area contributed by atoms with Crippen LogP contribution in [0.4, 0.5) is 5.69 Å². The van der Waals surface area contributed by atoms with Gasteiger partial charge in [-0.1, -0.05) is 37.6 Å². The Bertz CT molecular complexity index is 1390. The molecule has 4 rings (SSSR count). The first kappa shape index (κ1) is 24.7. The molecule has 6 nitrogen and oxygen atoms in total. The van der Waals surface area contributed by atoms with Gasteiger partial charge in [0.2, 0.25) is 5.89 Å². The highest BCUT2D eigenvalue weighted by molar-refractivity contribution is 7.80. The van der Waals surface area contributed by atoms with Crippen molar-refractivity contribution in [1.82, 2.24) is 10.3 Å². The first-order chi connectivity index (χ1) is 16.8. The molecule has 0 fully saturated rings. The molecule has 4 aromatic rings. The molecule has 2 N–H and O–H groups in total. The van der Waals surface area contributed by atoms with E-state index in [4.69, 9.17) is 33.0 Å². The SMILES string of the molecule is CC[C@@H](C)c1ccc2oc(-c3cccc(NC(=S)NC(=O)COc4ccc(Cl)c(C)c4)c3)nc2c1. The minimum atomic E-state index is -0.373. The van der Waals surface area contributed by atoms with Crippen LogP contribution in [0, 0.1) is 6.92 Å². The zero-order chi connectivity index (χ0) is 24.9. The van der Waals surface area contributed by atoms with Gasteiger partial charge in [-0.25, -0.2) is 4.98 Å². The Morgan fingerprint density at radius 3 is 2.77 bits per heavy atom. The average molecular weight is 508 g/mol. The quantitative estimate of drug-likeness (QED) is 0.266. The standard InChI is InChI=1S/C27H26ClN3O3S/c1-4-16(2)18-8-11-24-23(14-18)30-26(34-24)19-6-5-7-20(13-19)29-27(35)31-25(32)15-33-21-9-10-22(28)17(3)12-21/h5-14,16H,4,15H2,1-3H3,(H2,29,31,32,35)/t16-/m1/s1. The van der Waals surface area contributed by atoms with Crippen molar-refractivity contribution in [3.05, 3.63) is 76.8 Å². The number of ether oxygens (including phenoxy) is 1. The second kappa shape index (κ2) is 10.9. The molecule has 0 radical (unpaired) electrons. The summed E-state index contributed by atoms with van der Waals surface area (Å²) < 4.78 is 11.5. The summed E-state index contributed by atoms with van der Waals surface area (Å²) in [5.74, 6) is 1.17. The normalized spacial score (nSPS) is 11.8. The van der Waals surface area contributed by atoms with Crippen molar-refractivity contribution in [3.8, 4) is 17.2 Å². The lowest BCUT2D eigenvalue weighted by molar-refractivity contribution is -0.121. The third-order valence-corrected chi connectivity index (χ3v) is 6.34. The van der Waals surface area contributed by atoms with Crippen molar-refractivity contribution in [3.63, 3.8) is 0 Å². The Balaban J connectivity index is 1.38. The van der Waals surface area contributed by atoms with Crippen LogP contribution in [-0.2, 0) is 4.79 Å². The van der Waals surface area contributed by atoms with E-state index >= 15 is 0 Å². The second-order valence-corrected chi connectivity index (χ2v) is 9.15. The summed E-state index contributed by atoms with van der Waals surface area (Å²) in [4.78, 5) is 16.9. The number of fused-ring (bicyclic) bond motifs is 1. The second-order valence-electron chi connectivity index (χ2n) is 8.34. The van der Waals surface area contributed by atoms with Crippen molar-refractivity contribution < 1.29 is 13.9 Å². The van der Waals surface area contributed by atoms with Crippen molar-refractivity contribution >= 4 is 51.6 Å². The lowest BCUT2D eigenvalue weighted by Gasteiger charge is -2.11. The molecule has 1 atom stereocenters. The van der Waals surface area contributed by atoms with Crippen LogP contribution in [0.5, 0.6) is 5.75 Å². The maximum absolute atomic E-state index is 12.2. The predicted molar refractivity (Wildman–Crippen MR) is 144 cm³/mol. The summed E-state index contributed by atoms with van der Waals surface area (Å²) in [6, 6.07) is 18.8. The summed E-state index contributed by atoms with van der Waals surface area (Å²) in [7, 11) is 0. The van der Waals surface area contributed by atoms with E-state index in [0.29, 0.717) is 28.3 Å². The molecule has 1 aromatic heterocycles. The summed E-state index contributed by atoms with van der Waals surface area (Å²) >= 11 is 11.3. The highest BCUT2D eigenvalue weighted by Gasteiger charge is 2.12. The summed E-state index contributed by atoms with van der Waals surface area (Å²) in [5.41, 5.74) is 5.18. The number of thiocarbonyl (C=S) groups is 1. The molecule has 180 valence electrons. The Labute approximate surface area is 214 Å². The molecule has 0 aliphatic rings. The van der Waals surface area contributed by atoms with E-state index in [9.17, 15) is 4.79 Å². The molecular weight excluding hydrogens is 482 g/mol. The van der Waals surface area contributed by atoms with Crippen LogP contribution in [0.15, 0.2) is 65.1 Å². The minimum Gasteiger partial charge on any atom is -0.484 e. The van der Waals surface area contributed by atoms with E-state index < -0.39 is 0 Å². The molecule has 0 bridgehead atoms.